The Morgan fingerprint density at radius 1 is 1.22 bits per heavy atom. The summed E-state index contributed by atoms with van der Waals surface area (Å²) in [5, 5.41) is 14.4. The summed E-state index contributed by atoms with van der Waals surface area (Å²) in [5.74, 6) is 0.800. The van der Waals surface area contributed by atoms with Gasteiger partial charge in [-0.2, -0.15) is 11.3 Å². The van der Waals surface area contributed by atoms with Gasteiger partial charge in [-0.05, 0) is 60.4 Å². The summed E-state index contributed by atoms with van der Waals surface area (Å²) in [6.07, 6.45) is -0.438. The molecule has 0 saturated carbocycles. The minimum atomic E-state index is -0.577. The highest BCUT2D eigenvalue weighted by atomic mass is 32.1. The van der Waals surface area contributed by atoms with Gasteiger partial charge in [0.25, 0.3) is 0 Å². The van der Waals surface area contributed by atoms with Gasteiger partial charge < -0.3 is 9.84 Å². The van der Waals surface area contributed by atoms with E-state index in [0.717, 1.165) is 22.4 Å². The third-order valence-corrected chi connectivity index (χ3v) is 3.62. The van der Waals surface area contributed by atoms with Crippen LogP contribution in [-0.2, 0) is 0 Å². The summed E-state index contributed by atoms with van der Waals surface area (Å²) in [7, 11) is 0. The van der Waals surface area contributed by atoms with Gasteiger partial charge in [-0.25, -0.2) is 0 Å². The highest BCUT2D eigenvalue weighted by molar-refractivity contribution is 7.08. The minimum Gasteiger partial charge on any atom is -0.491 e. The third kappa shape index (κ3) is 2.92. The van der Waals surface area contributed by atoms with E-state index in [1.807, 2.05) is 55.8 Å². The molecule has 0 bridgehead atoms. The molecule has 1 aromatic carbocycles. The van der Waals surface area contributed by atoms with Crippen LogP contribution in [0.4, 0.5) is 0 Å². The molecule has 96 valence electrons. The normalized spacial score (nSPS) is 12.7. The van der Waals surface area contributed by atoms with Gasteiger partial charge >= 0.3 is 0 Å². The zero-order valence-electron chi connectivity index (χ0n) is 10.9. The van der Waals surface area contributed by atoms with E-state index in [4.69, 9.17) is 4.74 Å². The molecule has 1 unspecified atom stereocenters. The Hall–Kier alpha value is -1.32. The second-order valence-electron chi connectivity index (χ2n) is 4.65. The number of hydrogen-bond donors (Lipinski definition) is 1. The summed E-state index contributed by atoms with van der Waals surface area (Å²) in [6, 6.07) is 7.66. The second-order valence-corrected chi connectivity index (χ2v) is 5.40. The van der Waals surface area contributed by atoms with Crippen LogP contribution in [0.5, 0.6) is 5.75 Å². The van der Waals surface area contributed by atoms with E-state index >= 15 is 0 Å². The number of aliphatic hydroxyl groups excluding tert-OH is 1. The molecule has 3 heteroatoms. The molecule has 0 amide bonds. The summed E-state index contributed by atoms with van der Waals surface area (Å²) in [4.78, 5) is 0. The van der Waals surface area contributed by atoms with E-state index in [1.165, 1.54) is 0 Å². The zero-order valence-corrected chi connectivity index (χ0v) is 11.7. The highest BCUT2D eigenvalue weighted by Crippen LogP contribution is 2.29. The summed E-state index contributed by atoms with van der Waals surface area (Å²) >= 11 is 1.61. The summed E-state index contributed by atoms with van der Waals surface area (Å²) in [6.45, 7) is 6.00. The minimum absolute atomic E-state index is 0.139. The molecule has 2 rings (SSSR count). The molecule has 2 nitrogen and oxygen atoms in total. The van der Waals surface area contributed by atoms with Crippen LogP contribution in [0.3, 0.4) is 0 Å². The first kappa shape index (κ1) is 13.1. The number of hydrogen-bond acceptors (Lipinski definition) is 3. The largest absolute Gasteiger partial charge is 0.491 e. The van der Waals surface area contributed by atoms with Crippen molar-refractivity contribution in [1.82, 2.24) is 0 Å². The summed E-state index contributed by atoms with van der Waals surface area (Å²) < 4.78 is 5.64. The zero-order chi connectivity index (χ0) is 13.1. The van der Waals surface area contributed by atoms with Crippen molar-refractivity contribution in [3.8, 4) is 5.75 Å². The van der Waals surface area contributed by atoms with Crippen LogP contribution >= 0.6 is 11.3 Å². The van der Waals surface area contributed by atoms with Crippen molar-refractivity contribution in [2.75, 3.05) is 0 Å². The SMILES string of the molecule is Cc1cscc1C(O)c1cccc(OC(C)C)c1. The molecule has 0 saturated heterocycles. The van der Waals surface area contributed by atoms with E-state index in [2.05, 4.69) is 0 Å². The van der Waals surface area contributed by atoms with Gasteiger partial charge in [-0.15, -0.1) is 0 Å². The molecular formula is C15H18O2S. The van der Waals surface area contributed by atoms with Gasteiger partial charge in [0.15, 0.2) is 0 Å². The molecule has 0 aliphatic carbocycles. The number of ether oxygens (including phenoxy) is 1. The number of benzene rings is 1. The van der Waals surface area contributed by atoms with Crippen LogP contribution < -0.4 is 4.74 Å². The van der Waals surface area contributed by atoms with E-state index in [-0.39, 0.29) is 6.10 Å². The van der Waals surface area contributed by atoms with Gasteiger partial charge in [0.2, 0.25) is 0 Å². The second kappa shape index (κ2) is 5.55. The monoisotopic (exact) mass is 262 g/mol. The van der Waals surface area contributed by atoms with Crippen molar-refractivity contribution < 1.29 is 9.84 Å². The fourth-order valence-corrected chi connectivity index (χ4v) is 2.73. The molecule has 1 N–H and O–H groups in total. The Bertz CT molecular complexity index is 517. The quantitative estimate of drug-likeness (QED) is 0.904. The maximum absolute atomic E-state index is 10.4. The first-order valence-electron chi connectivity index (χ1n) is 6.05. The number of aliphatic hydroxyl groups is 1. The van der Waals surface area contributed by atoms with Crippen LogP contribution in [0.1, 0.15) is 36.6 Å². The van der Waals surface area contributed by atoms with Crippen LogP contribution in [0.15, 0.2) is 35.0 Å². The van der Waals surface area contributed by atoms with Gasteiger partial charge in [0.1, 0.15) is 11.9 Å². The molecule has 18 heavy (non-hydrogen) atoms. The Labute approximate surface area is 112 Å². The molecule has 0 aliphatic rings. The predicted octanol–water partition coefficient (Wildman–Crippen LogP) is 3.93. The molecule has 0 spiro atoms. The lowest BCUT2D eigenvalue weighted by Crippen LogP contribution is -2.06. The molecule has 0 fully saturated rings. The van der Waals surface area contributed by atoms with Gasteiger partial charge in [-0.3, -0.25) is 0 Å². The van der Waals surface area contributed by atoms with Crippen LogP contribution in [0.25, 0.3) is 0 Å². The smallest absolute Gasteiger partial charge is 0.120 e. The third-order valence-electron chi connectivity index (χ3n) is 2.74. The maximum Gasteiger partial charge on any atom is 0.120 e. The molecule has 1 atom stereocenters. The maximum atomic E-state index is 10.4. The van der Waals surface area contributed by atoms with Gasteiger partial charge in [0.05, 0.1) is 6.10 Å². The Balaban J connectivity index is 2.25. The standard InChI is InChI=1S/C15H18O2S/c1-10(2)17-13-6-4-5-12(7-13)15(16)14-9-18-8-11(14)3/h4-10,15-16H,1-3H3. The van der Waals surface area contributed by atoms with Crippen molar-refractivity contribution in [2.24, 2.45) is 0 Å². The van der Waals surface area contributed by atoms with Gasteiger partial charge in [-0.1, -0.05) is 12.1 Å². The number of thiophene rings is 1. The number of rotatable bonds is 4. The molecular weight excluding hydrogens is 244 g/mol. The summed E-state index contributed by atoms with van der Waals surface area (Å²) in [5.41, 5.74) is 2.97. The van der Waals surface area contributed by atoms with Crippen LogP contribution in [0, 0.1) is 6.92 Å². The first-order chi connectivity index (χ1) is 8.58. The van der Waals surface area contributed by atoms with Crippen molar-refractivity contribution in [3.63, 3.8) is 0 Å². The van der Waals surface area contributed by atoms with Crippen molar-refractivity contribution in [2.45, 2.75) is 33.0 Å². The Kier molecular flexibility index (Phi) is 4.04. The Morgan fingerprint density at radius 3 is 2.61 bits per heavy atom. The lowest BCUT2D eigenvalue weighted by atomic mass is 10.0. The van der Waals surface area contributed by atoms with Crippen molar-refractivity contribution >= 4 is 11.3 Å². The topological polar surface area (TPSA) is 29.5 Å². The fourth-order valence-electron chi connectivity index (χ4n) is 1.86. The van der Waals surface area contributed by atoms with Crippen molar-refractivity contribution in [1.29, 1.82) is 0 Å². The lowest BCUT2D eigenvalue weighted by Gasteiger charge is -2.14. The Morgan fingerprint density at radius 2 is 2.00 bits per heavy atom. The first-order valence-corrected chi connectivity index (χ1v) is 6.99. The van der Waals surface area contributed by atoms with Crippen molar-refractivity contribution in [3.05, 3.63) is 51.7 Å². The molecule has 1 aromatic heterocycles. The molecule has 1 heterocycles. The lowest BCUT2D eigenvalue weighted by molar-refractivity contribution is 0.216. The van der Waals surface area contributed by atoms with Gasteiger partial charge in [0, 0.05) is 0 Å². The van der Waals surface area contributed by atoms with E-state index in [0.29, 0.717) is 0 Å². The van der Waals surface area contributed by atoms with Crippen LogP contribution in [0.2, 0.25) is 0 Å². The molecule has 0 radical (unpaired) electrons. The highest BCUT2D eigenvalue weighted by Gasteiger charge is 2.14. The number of aryl methyl sites for hydroxylation is 1. The van der Waals surface area contributed by atoms with E-state index in [1.54, 1.807) is 11.3 Å². The average molecular weight is 262 g/mol. The fraction of sp³-hybridized carbons (Fsp3) is 0.333. The van der Waals surface area contributed by atoms with E-state index < -0.39 is 6.10 Å². The average Bonchev–Trinajstić information content (AvgIpc) is 2.74. The van der Waals surface area contributed by atoms with Crippen LogP contribution in [-0.4, -0.2) is 11.2 Å². The molecule has 0 aliphatic heterocycles. The predicted molar refractivity (Wildman–Crippen MR) is 75.3 cm³/mol. The van der Waals surface area contributed by atoms with E-state index in [9.17, 15) is 5.11 Å². The molecule has 2 aromatic rings.